The van der Waals surface area contributed by atoms with Crippen LogP contribution in [-0.2, 0) is 11.2 Å². The van der Waals surface area contributed by atoms with Crippen molar-refractivity contribution in [1.82, 2.24) is 5.32 Å². The van der Waals surface area contributed by atoms with Crippen molar-refractivity contribution in [2.24, 2.45) is 4.99 Å². The first kappa shape index (κ1) is 15.1. The summed E-state index contributed by atoms with van der Waals surface area (Å²) in [6, 6.07) is 7.53. The number of hydrogen-bond acceptors (Lipinski definition) is 4. The normalized spacial score (nSPS) is 10.8. The summed E-state index contributed by atoms with van der Waals surface area (Å²) in [6.07, 6.45) is 5.03. The standard InChI is InChI=1S/C13H15N3O2S/c1-19-13(15-9-14)16-11-7-3-2-5-10(11)6-4-8-12(17)18/h2-3,5,7H,4,6,8H2,1H3,(H,15,16)(H,17,18). The number of aliphatic imine (C=N–C) groups is 1. The molecule has 0 radical (unpaired) electrons. The van der Waals surface area contributed by atoms with Crippen molar-refractivity contribution in [2.45, 2.75) is 19.3 Å². The van der Waals surface area contributed by atoms with Gasteiger partial charge in [-0.3, -0.25) is 10.1 Å². The van der Waals surface area contributed by atoms with Gasteiger partial charge in [0.1, 0.15) is 0 Å². The number of amidine groups is 1. The van der Waals surface area contributed by atoms with Crippen molar-refractivity contribution in [3.63, 3.8) is 0 Å². The predicted octanol–water partition coefficient (Wildman–Crippen LogP) is 2.52. The molecule has 0 aliphatic rings. The van der Waals surface area contributed by atoms with Crippen LogP contribution in [0, 0.1) is 11.5 Å². The van der Waals surface area contributed by atoms with Crippen molar-refractivity contribution in [3.05, 3.63) is 29.8 Å². The molecule has 0 spiro atoms. The first-order valence-electron chi connectivity index (χ1n) is 5.75. The molecule has 0 amide bonds. The van der Waals surface area contributed by atoms with Gasteiger partial charge in [-0.2, -0.15) is 5.26 Å². The third kappa shape index (κ3) is 5.44. The summed E-state index contributed by atoms with van der Waals surface area (Å²) < 4.78 is 0. The maximum Gasteiger partial charge on any atom is 0.303 e. The molecule has 0 saturated carbocycles. The quantitative estimate of drug-likeness (QED) is 0.374. The van der Waals surface area contributed by atoms with Gasteiger partial charge in [0, 0.05) is 6.42 Å². The van der Waals surface area contributed by atoms with E-state index in [1.165, 1.54) is 11.8 Å². The van der Waals surface area contributed by atoms with Crippen LogP contribution in [0.3, 0.4) is 0 Å². The number of carboxylic acid groups (broad SMARTS) is 1. The molecule has 0 saturated heterocycles. The second-order valence-corrected chi connectivity index (χ2v) is 4.53. The van der Waals surface area contributed by atoms with Crippen LogP contribution in [0.25, 0.3) is 0 Å². The molecule has 1 aromatic carbocycles. The van der Waals surface area contributed by atoms with Crippen molar-refractivity contribution < 1.29 is 9.90 Å². The second kappa shape index (κ2) is 8.16. The zero-order valence-electron chi connectivity index (χ0n) is 10.6. The van der Waals surface area contributed by atoms with Gasteiger partial charge in [-0.05, 0) is 30.7 Å². The highest BCUT2D eigenvalue weighted by Gasteiger charge is 2.04. The van der Waals surface area contributed by atoms with Gasteiger partial charge in [0.15, 0.2) is 11.4 Å². The first-order chi connectivity index (χ1) is 9.17. The molecule has 0 aromatic heterocycles. The van der Waals surface area contributed by atoms with E-state index >= 15 is 0 Å². The Balaban J connectivity index is 2.83. The molecule has 1 aromatic rings. The van der Waals surface area contributed by atoms with E-state index in [4.69, 9.17) is 10.4 Å². The molecule has 6 heteroatoms. The third-order valence-corrected chi connectivity index (χ3v) is 2.99. The fourth-order valence-electron chi connectivity index (χ4n) is 1.54. The molecule has 0 aliphatic heterocycles. The van der Waals surface area contributed by atoms with Gasteiger partial charge in [0.05, 0.1) is 5.69 Å². The van der Waals surface area contributed by atoms with Crippen LogP contribution < -0.4 is 5.32 Å². The molecule has 0 unspecified atom stereocenters. The van der Waals surface area contributed by atoms with Gasteiger partial charge in [0.25, 0.3) is 0 Å². The van der Waals surface area contributed by atoms with Crippen molar-refractivity contribution in [2.75, 3.05) is 6.26 Å². The molecule has 1 rings (SSSR count). The predicted molar refractivity (Wildman–Crippen MR) is 76.4 cm³/mol. The number of aryl methyl sites for hydroxylation is 1. The lowest BCUT2D eigenvalue weighted by molar-refractivity contribution is -0.137. The van der Waals surface area contributed by atoms with Crippen LogP contribution in [0.1, 0.15) is 18.4 Å². The molecule has 19 heavy (non-hydrogen) atoms. The van der Waals surface area contributed by atoms with E-state index in [2.05, 4.69) is 10.3 Å². The highest BCUT2D eigenvalue weighted by molar-refractivity contribution is 8.13. The van der Waals surface area contributed by atoms with Crippen LogP contribution in [0.5, 0.6) is 0 Å². The number of benzene rings is 1. The van der Waals surface area contributed by atoms with E-state index in [1.807, 2.05) is 36.7 Å². The molecular formula is C13H15N3O2S. The number of para-hydroxylation sites is 1. The summed E-state index contributed by atoms with van der Waals surface area (Å²) in [5, 5.41) is 20.3. The summed E-state index contributed by atoms with van der Waals surface area (Å²) in [4.78, 5) is 14.9. The zero-order chi connectivity index (χ0) is 14.1. The Kier molecular flexibility index (Phi) is 6.47. The third-order valence-electron chi connectivity index (χ3n) is 2.41. The summed E-state index contributed by atoms with van der Waals surface area (Å²) >= 11 is 1.35. The smallest absolute Gasteiger partial charge is 0.303 e. The lowest BCUT2D eigenvalue weighted by atomic mass is 10.1. The Labute approximate surface area is 116 Å². The average molecular weight is 277 g/mol. The van der Waals surface area contributed by atoms with Gasteiger partial charge < -0.3 is 5.11 Å². The number of aliphatic carboxylic acids is 1. The Bertz CT molecular complexity index is 509. The Hall–Kier alpha value is -2.00. The van der Waals surface area contributed by atoms with E-state index in [-0.39, 0.29) is 6.42 Å². The van der Waals surface area contributed by atoms with Crippen LogP contribution in [0.4, 0.5) is 5.69 Å². The number of hydrogen-bond donors (Lipinski definition) is 2. The van der Waals surface area contributed by atoms with Crippen LogP contribution in [0.15, 0.2) is 29.3 Å². The lowest BCUT2D eigenvalue weighted by Crippen LogP contribution is -2.12. The van der Waals surface area contributed by atoms with E-state index < -0.39 is 5.97 Å². The highest BCUT2D eigenvalue weighted by Crippen LogP contribution is 2.21. The molecule has 0 aliphatic carbocycles. The maximum atomic E-state index is 10.5. The minimum absolute atomic E-state index is 0.143. The molecule has 2 N–H and O–H groups in total. The van der Waals surface area contributed by atoms with Gasteiger partial charge in [-0.1, -0.05) is 30.0 Å². The van der Waals surface area contributed by atoms with Crippen molar-refractivity contribution >= 4 is 28.6 Å². The first-order valence-corrected chi connectivity index (χ1v) is 6.97. The van der Waals surface area contributed by atoms with Gasteiger partial charge in [-0.15, -0.1) is 0 Å². The fraction of sp³-hybridized carbons (Fsp3) is 0.308. The number of nitrogens with zero attached hydrogens (tertiary/aromatic N) is 2. The minimum atomic E-state index is -0.795. The van der Waals surface area contributed by atoms with Gasteiger partial charge >= 0.3 is 5.97 Å². The van der Waals surface area contributed by atoms with Crippen LogP contribution in [0.2, 0.25) is 0 Å². The van der Waals surface area contributed by atoms with Crippen LogP contribution >= 0.6 is 11.8 Å². The van der Waals surface area contributed by atoms with E-state index in [0.717, 1.165) is 11.3 Å². The highest BCUT2D eigenvalue weighted by atomic mass is 32.2. The number of carbonyl (C=O) groups is 1. The SMILES string of the molecule is CSC(=Nc1ccccc1CCCC(=O)O)NC#N. The molecule has 0 bridgehead atoms. The number of nitrogens with one attached hydrogen (secondary N) is 1. The number of thioether (sulfide) groups is 1. The topological polar surface area (TPSA) is 85.5 Å². The molecular weight excluding hydrogens is 262 g/mol. The number of nitriles is 1. The van der Waals surface area contributed by atoms with Gasteiger partial charge in [-0.25, -0.2) is 4.99 Å². The zero-order valence-corrected chi connectivity index (χ0v) is 11.4. The summed E-state index contributed by atoms with van der Waals surface area (Å²) in [7, 11) is 0. The van der Waals surface area contributed by atoms with Crippen molar-refractivity contribution in [1.29, 1.82) is 5.26 Å². The van der Waals surface area contributed by atoms with E-state index in [1.54, 1.807) is 0 Å². The lowest BCUT2D eigenvalue weighted by Gasteiger charge is -2.06. The van der Waals surface area contributed by atoms with Crippen LogP contribution in [-0.4, -0.2) is 22.5 Å². The Morgan fingerprint density at radius 1 is 1.53 bits per heavy atom. The maximum absolute atomic E-state index is 10.5. The number of rotatable bonds is 5. The fourth-order valence-corrected chi connectivity index (χ4v) is 1.88. The molecule has 5 nitrogen and oxygen atoms in total. The average Bonchev–Trinajstić information content (AvgIpc) is 2.39. The molecule has 100 valence electrons. The largest absolute Gasteiger partial charge is 0.481 e. The van der Waals surface area contributed by atoms with Crippen molar-refractivity contribution in [3.8, 4) is 6.19 Å². The molecule has 0 fully saturated rings. The molecule has 0 atom stereocenters. The van der Waals surface area contributed by atoms with E-state index in [0.29, 0.717) is 18.0 Å². The summed E-state index contributed by atoms with van der Waals surface area (Å²) in [5.41, 5.74) is 1.75. The minimum Gasteiger partial charge on any atom is -0.481 e. The summed E-state index contributed by atoms with van der Waals surface area (Å²) in [6.45, 7) is 0. The monoisotopic (exact) mass is 277 g/mol. The summed E-state index contributed by atoms with van der Waals surface area (Å²) in [5.74, 6) is -0.795. The van der Waals surface area contributed by atoms with Gasteiger partial charge in [0.2, 0.25) is 0 Å². The van der Waals surface area contributed by atoms with E-state index in [9.17, 15) is 4.79 Å². The Morgan fingerprint density at radius 3 is 2.89 bits per heavy atom. The molecule has 0 heterocycles. The second-order valence-electron chi connectivity index (χ2n) is 3.73. The Morgan fingerprint density at radius 2 is 2.26 bits per heavy atom. The number of carboxylic acids is 1.